The van der Waals surface area contributed by atoms with Crippen molar-refractivity contribution in [1.29, 1.82) is 0 Å². The number of aromatic nitrogens is 3. The molecule has 0 radical (unpaired) electrons. The number of rotatable bonds is 2. The lowest BCUT2D eigenvalue weighted by atomic mass is 9.95. The summed E-state index contributed by atoms with van der Waals surface area (Å²) >= 11 is 0. The molecule has 2 heterocycles. The number of piperidine rings is 1. The summed E-state index contributed by atoms with van der Waals surface area (Å²) in [6.45, 7) is 5.23. The lowest BCUT2D eigenvalue weighted by Crippen LogP contribution is -2.36. The molecule has 0 N–H and O–H groups in total. The van der Waals surface area contributed by atoms with Crippen LogP contribution >= 0.6 is 0 Å². The highest BCUT2D eigenvalue weighted by atomic mass is 16.2. The Kier molecular flexibility index (Phi) is 3.73. The summed E-state index contributed by atoms with van der Waals surface area (Å²) < 4.78 is 2.13. The fourth-order valence-corrected chi connectivity index (χ4v) is 2.99. The SMILES string of the molecule is CC(=O)N1CCC(c2nnc(C)n2-c2ccccc2)CC1. The number of hydrogen-bond donors (Lipinski definition) is 0. The lowest BCUT2D eigenvalue weighted by molar-refractivity contribution is -0.129. The van der Waals surface area contributed by atoms with E-state index in [-0.39, 0.29) is 5.91 Å². The van der Waals surface area contributed by atoms with Crippen LogP contribution in [0.2, 0.25) is 0 Å². The van der Waals surface area contributed by atoms with Crippen molar-refractivity contribution in [2.45, 2.75) is 32.6 Å². The van der Waals surface area contributed by atoms with Crippen LogP contribution in [0.1, 0.15) is 37.3 Å². The summed E-state index contributed by atoms with van der Waals surface area (Å²) in [5, 5.41) is 8.65. The predicted molar refractivity (Wildman–Crippen MR) is 80.3 cm³/mol. The van der Waals surface area contributed by atoms with E-state index in [0.29, 0.717) is 5.92 Å². The molecule has 0 unspecified atom stereocenters. The minimum Gasteiger partial charge on any atom is -0.343 e. The average Bonchev–Trinajstić information content (AvgIpc) is 2.90. The zero-order chi connectivity index (χ0) is 14.8. The third-order valence-corrected chi connectivity index (χ3v) is 4.17. The first-order chi connectivity index (χ1) is 10.2. The van der Waals surface area contributed by atoms with Crippen LogP contribution in [0.25, 0.3) is 5.69 Å². The van der Waals surface area contributed by atoms with Crippen LogP contribution in [0.5, 0.6) is 0 Å². The van der Waals surface area contributed by atoms with Crippen molar-refractivity contribution in [1.82, 2.24) is 19.7 Å². The van der Waals surface area contributed by atoms with E-state index in [4.69, 9.17) is 0 Å². The summed E-state index contributed by atoms with van der Waals surface area (Å²) in [5.41, 5.74) is 1.10. The Hall–Kier alpha value is -2.17. The number of hydrogen-bond acceptors (Lipinski definition) is 3. The van der Waals surface area contributed by atoms with E-state index >= 15 is 0 Å². The molecule has 0 spiro atoms. The number of aryl methyl sites for hydroxylation is 1. The molecule has 5 heteroatoms. The second-order valence-electron chi connectivity index (χ2n) is 5.56. The second kappa shape index (κ2) is 5.68. The highest BCUT2D eigenvalue weighted by molar-refractivity contribution is 5.73. The van der Waals surface area contributed by atoms with E-state index in [1.54, 1.807) is 6.92 Å². The smallest absolute Gasteiger partial charge is 0.219 e. The molecular formula is C16H20N4O. The van der Waals surface area contributed by atoms with Crippen LogP contribution in [0.4, 0.5) is 0 Å². The van der Waals surface area contributed by atoms with Gasteiger partial charge < -0.3 is 4.90 Å². The minimum absolute atomic E-state index is 0.161. The fourth-order valence-electron chi connectivity index (χ4n) is 2.99. The maximum Gasteiger partial charge on any atom is 0.219 e. The maximum absolute atomic E-state index is 11.4. The molecule has 21 heavy (non-hydrogen) atoms. The number of amides is 1. The molecule has 110 valence electrons. The number of likely N-dealkylation sites (tertiary alicyclic amines) is 1. The standard InChI is InChI=1S/C16H20N4O/c1-12-17-18-16(20(12)15-6-4-3-5-7-15)14-8-10-19(11-9-14)13(2)21/h3-7,14H,8-11H2,1-2H3. The normalized spacial score (nSPS) is 16.2. The first-order valence-corrected chi connectivity index (χ1v) is 7.39. The van der Waals surface area contributed by atoms with Crippen molar-refractivity contribution in [3.8, 4) is 5.69 Å². The van der Waals surface area contributed by atoms with Crippen molar-refractivity contribution < 1.29 is 4.79 Å². The maximum atomic E-state index is 11.4. The molecule has 0 atom stereocenters. The number of para-hydroxylation sites is 1. The van der Waals surface area contributed by atoms with E-state index in [2.05, 4.69) is 26.9 Å². The molecule has 1 aromatic carbocycles. The first-order valence-electron chi connectivity index (χ1n) is 7.39. The molecule has 1 amide bonds. The Morgan fingerprint density at radius 2 is 1.81 bits per heavy atom. The van der Waals surface area contributed by atoms with Crippen molar-refractivity contribution in [3.05, 3.63) is 42.0 Å². The molecule has 0 bridgehead atoms. The number of carbonyl (C=O) groups is 1. The Labute approximate surface area is 124 Å². The number of nitrogens with zero attached hydrogens (tertiary/aromatic N) is 4. The van der Waals surface area contributed by atoms with E-state index < -0.39 is 0 Å². The highest BCUT2D eigenvalue weighted by Crippen LogP contribution is 2.29. The lowest BCUT2D eigenvalue weighted by Gasteiger charge is -2.31. The van der Waals surface area contributed by atoms with Gasteiger partial charge in [-0.1, -0.05) is 18.2 Å². The van der Waals surface area contributed by atoms with E-state index in [1.807, 2.05) is 30.0 Å². The fraction of sp³-hybridized carbons (Fsp3) is 0.438. The number of carbonyl (C=O) groups excluding carboxylic acids is 1. The average molecular weight is 284 g/mol. The highest BCUT2D eigenvalue weighted by Gasteiger charge is 2.26. The van der Waals surface area contributed by atoms with Gasteiger partial charge in [0.05, 0.1) is 0 Å². The molecule has 5 nitrogen and oxygen atoms in total. The van der Waals surface area contributed by atoms with Gasteiger partial charge in [-0.15, -0.1) is 10.2 Å². The Bertz CT molecular complexity index is 627. The van der Waals surface area contributed by atoms with Gasteiger partial charge in [0.2, 0.25) is 5.91 Å². The van der Waals surface area contributed by atoms with Crippen LogP contribution in [0, 0.1) is 6.92 Å². The van der Waals surface area contributed by atoms with Crippen molar-refractivity contribution in [3.63, 3.8) is 0 Å². The quantitative estimate of drug-likeness (QED) is 0.850. The van der Waals surface area contributed by atoms with Gasteiger partial charge in [0.1, 0.15) is 11.6 Å². The van der Waals surface area contributed by atoms with E-state index in [1.165, 1.54) is 0 Å². The number of benzene rings is 1. The van der Waals surface area contributed by atoms with Crippen LogP contribution in [0.15, 0.2) is 30.3 Å². The van der Waals surface area contributed by atoms with Crippen molar-refractivity contribution in [2.75, 3.05) is 13.1 Å². The summed E-state index contributed by atoms with van der Waals surface area (Å²) in [7, 11) is 0. The monoisotopic (exact) mass is 284 g/mol. The van der Waals surface area contributed by atoms with Crippen LogP contribution in [-0.2, 0) is 4.79 Å². The summed E-state index contributed by atoms with van der Waals surface area (Å²) in [5.74, 6) is 2.45. The van der Waals surface area contributed by atoms with Gasteiger partial charge in [-0.25, -0.2) is 0 Å². The summed E-state index contributed by atoms with van der Waals surface area (Å²) in [6.07, 6.45) is 1.90. The second-order valence-corrected chi connectivity index (χ2v) is 5.56. The third-order valence-electron chi connectivity index (χ3n) is 4.17. The molecule has 3 rings (SSSR count). The molecule has 1 aromatic heterocycles. The molecule has 1 aliphatic rings. The van der Waals surface area contributed by atoms with Crippen molar-refractivity contribution in [2.24, 2.45) is 0 Å². The molecule has 0 saturated carbocycles. The summed E-state index contributed by atoms with van der Waals surface area (Å²) in [4.78, 5) is 13.3. The molecule has 1 fully saturated rings. The summed E-state index contributed by atoms with van der Waals surface area (Å²) in [6, 6.07) is 10.2. The molecule has 2 aromatic rings. The van der Waals surface area contributed by atoms with E-state index in [0.717, 1.165) is 43.3 Å². The van der Waals surface area contributed by atoms with Gasteiger partial charge in [0.25, 0.3) is 0 Å². The predicted octanol–water partition coefficient (Wildman–Crippen LogP) is 2.30. The molecule has 1 aliphatic heterocycles. The van der Waals surface area contributed by atoms with E-state index in [9.17, 15) is 4.79 Å². The zero-order valence-corrected chi connectivity index (χ0v) is 12.5. The Morgan fingerprint density at radius 1 is 1.14 bits per heavy atom. The topological polar surface area (TPSA) is 51.0 Å². The largest absolute Gasteiger partial charge is 0.343 e. The van der Waals surface area contributed by atoms with Gasteiger partial charge in [-0.05, 0) is 31.9 Å². The van der Waals surface area contributed by atoms with Crippen LogP contribution < -0.4 is 0 Å². The Morgan fingerprint density at radius 3 is 2.43 bits per heavy atom. The van der Waals surface area contributed by atoms with Crippen molar-refractivity contribution >= 4 is 5.91 Å². The van der Waals surface area contributed by atoms with Gasteiger partial charge in [0, 0.05) is 31.6 Å². The third kappa shape index (κ3) is 2.68. The van der Waals surface area contributed by atoms with Gasteiger partial charge in [-0.2, -0.15) is 0 Å². The van der Waals surface area contributed by atoms with Gasteiger partial charge in [-0.3, -0.25) is 9.36 Å². The van der Waals surface area contributed by atoms with Gasteiger partial charge >= 0.3 is 0 Å². The molecule has 1 saturated heterocycles. The van der Waals surface area contributed by atoms with Crippen LogP contribution in [0.3, 0.4) is 0 Å². The molecule has 0 aliphatic carbocycles. The molecular weight excluding hydrogens is 264 g/mol. The Balaban J connectivity index is 1.86. The van der Waals surface area contributed by atoms with Crippen LogP contribution in [-0.4, -0.2) is 38.7 Å². The zero-order valence-electron chi connectivity index (χ0n) is 12.5. The first kappa shape index (κ1) is 13.8. The minimum atomic E-state index is 0.161. The van der Waals surface area contributed by atoms with Gasteiger partial charge in [0.15, 0.2) is 0 Å².